The fourth-order valence-corrected chi connectivity index (χ4v) is 4.32. The SMILES string of the molecule is Cc1cccc(O[C@H]2CCCc3nc(C4(NC(=O)c5ccc(F)cc5)CC4)ccc32)c1. The van der Waals surface area contributed by atoms with E-state index in [2.05, 4.69) is 30.4 Å². The predicted octanol–water partition coefficient (Wildman–Crippen LogP) is 5.40. The first-order valence-electron chi connectivity index (χ1n) is 10.8. The van der Waals surface area contributed by atoms with Crippen LogP contribution in [0.3, 0.4) is 0 Å². The van der Waals surface area contributed by atoms with Crippen LogP contribution in [0.2, 0.25) is 0 Å². The van der Waals surface area contributed by atoms with Crippen LogP contribution >= 0.6 is 0 Å². The Morgan fingerprint density at radius 2 is 1.94 bits per heavy atom. The average molecular weight is 416 g/mol. The monoisotopic (exact) mass is 416 g/mol. The van der Waals surface area contributed by atoms with Crippen molar-refractivity contribution in [2.45, 2.75) is 50.7 Å². The molecule has 0 saturated heterocycles. The van der Waals surface area contributed by atoms with Crippen LogP contribution in [0.15, 0.2) is 60.7 Å². The number of carbonyl (C=O) groups is 1. The number of nitrogens with zero attached hydrogens (tertiary/aromatic N) is 1. The molecular formula is C26H25FN2O2. The zero-order valence-electron chi connectivity index (χ0n) is 17.5. The molecule has 2 aromatic carbocycles. The van der Waals surface area contributed by atoms with E-state index in [9.17, 15) is 9.18 Å². The minimum absolute atomic E-state index is 0.00365. The van der Waals surface area contributed by atoms with E-state index in [0.717, 1.165) is 54.8 Å². The van der Waals surface area contributed by atoms with Crippen LogP contribution in [-0.2, 0) is 12.0 Å². The lowest BCUT2D eigenvalue weighted by Gasteiger charge is -2.27. The highest BCUT2D eigenvalue weighted by molar-refractivity contribution is 5.95. The Hall–Kier alpha value is -3.21. The number of benzene rings is 2. The normalized spacial score (nSPS) is 18.7. The predicted molar refractivity (Wildman–Crippen MR) is 117 cm³/mol. The van der Waals surface area contributed by atoms with E-state index in [1.165, 1.54) is 29.8 Å². The molecule has 1 amide bonds. The number of pyridine rings is 1. The van der Waals surface area contributed by atoms with Crippen molar-refractivity contribution in [3.8, 4) is 5.75 Å². The van der Waals surface area contributed by atoms with Gasteiger partial charge in [-0.2, -0.15) is 0 Å². The van der Waals surface area contributed by atoms with Crippen molar-refractivity contribution in [1.29, 1.82) is 0 Å². The third kappa shape index (κ3) is 4.05. The summed E-state index contributed by atoms with van der Waals surface area (Å²) in [5, 5.41) is 3.13. The number of rotatable bonds is 5. The van der Waals surface area contributed by atoms with Crippen molar-refractivity contribution in [2.24, 2.45) is 0 Å². The highest BCUT2D eigenvalue weighted by atomic mass is 19.1. The van der Waals surface area contributed by atoms with Gasteiger partial charge in [-0.15, -0.1) is 0 Å². The zero-order valence-corrected chi connectivity index (χ0v) is 17.5. The second kappa shape index (κ2) is 7.80. The van der Waals surface area contributed by atoms with Crippen molar-refractivity contribution in [1.82, 2.24) is 10.3 Å². The largest absolute Gasteiger partial charge is 0.486 e. The van der Waals surface area contributed by atoms with Gasteiger partial charge in [-0.3, -0.25) is 9.78 Å². The van der Waals surface area contributed by atoms with E-state index in [0.29, 0.717) is 5.56 Å². The molecule has 1 aromatic heterocycles. The topological polar surface area (TPSA) is 51.2 Å². The van der Waals surface area contributed by atoms with E-state index >= 15 is 0 Å². The van der Waals surface area contributed by atoms with Gasteiger partial charge in [0.1, 0.15) is 17.7 Å². The van der Waals surface area contributed by atoms with Crippen LogP contribution in [0.1, 0.15) is 64.7 Å². The molecule has 2 aliphatic carbocycles. The molecule has 0 bridgehead atoms. The number of ether oxygens (including phenoxy) is 1. The lowest BCUT2D eigenvalue weighted by atomic mass is 9.92. The highest BCUT2D eigenvalue weighted by Gasteiger charge is 2.47. The average Bonchev–Trinajstić information content (AvgIpc) is 3.55. The molecule has 31 heavy (non-hydrogen) atoms. The van der Waals surface area contributed by atoms with Gasteiger partial charge in [0.2, 0.25) is 0 Å². The Morgan fingerprint density at radius 1 is 1.13 bits per heavy atom. The minimum atomic E-state index is -0.426. The quantitative estimate of drug-likeness (QED) is 0.605. The van der Waals surface area contributed by atoms with Gasteiger partial charge in [-0.05, 0) is 87.1 Å². The Labute approximate surface area is 181 Å². The summed E-state index contributed by atoms with van der Waals surface area (Å²) in [6, 6.07) is 17.9. The van der Waals surface area contributed by atoms with Crippen LogP contribution in [0.4, 0.5) is 4.39 Å². The molecule has 0 spiro atoms. The molecule has 0 aliphatic heterocycles. The molecule has 5 heteroatoms. The minimum Gasteiger partial charge on any atom is -0.486 e. The first-order chi connectivity index (χ1) is 15.0. The highest BCUT2D eigenvalue weighted by Crippen LogP contribution is 2.46. The van der Waals surface area contributed by atoms with E-state index in [4.69, 9.17) is 9.72 Å². The number of amides is 1. The van der Waals surface area contributed by atoms with Gasteiger partial charge in [0.05, 0.1) is 11.2 Å². The van der Waals surface area contributed by atoms with E-state index in [-0.39, 0.29) is 17.8 Å². The summed E-state index contributed by atoms with van der Waals surface area (Å²) >= 11 is 0. The fraction of sp³-hybridized carbons (Fsp3) is 0.308. The van der Waals surface area contributed by atoms with Gasteiger partial charge in [0, 0.05) is 16.8 Å². The smallest absolute Gasteiger partial charge is 0.252 e. The molecule has 158 valence electrons. The second-order valence-electron chi connectivity index (χ2n) is 8.59. The molecule has 4 nitrogen and oxygen atoms in total. The number of nitrogens with one attached hydrogen (secondary N) is 1. The molecular weight excluding hydrogens is 391 g/mol. The van der Waals surface area contributed by atoms with Gasteiger partial charge in [-0.25, -0.2) is 4.39 Å². The molecule has 1 atom stereocenters. The van der Waals surface area contributed by atoms with Gasteiger partial charge in [-0.1, -0.05) is 18.2 Å². The van der Waals surface area contributed by atoms with Crippen molar-refractivity contribution < 1.29 is 13.9 Å². The molecule has 0 radical (unpaired) electrons. The molecule has 5 rings (SSSR count). The summed E-state index contributed by atoms with van der Waals surface area (Å²) in [5.74, 6) is 0.335. The summed E-state index contributed by atoms with van der Waals surface area (Å²) < 4.78 is 19.5. The van der Waals surface area contributed by atoms with E-state index < -0.39 is 5.54 Å². The molecule has 2 aliphatic rings. The third-order valence-electron chi connectivity index (χ3n) is 6.20. The van der Waals surface area contributed by atoms with Gasteiger partial charge < -0.3 is 10.1 Å². The number of halogens is 1. The summed E-state index contributed by atoms with van der Waals surface area (Å²) in [6.07, 6.45) is 4.61. The summed E-state index contributed by atoms with van der Waals surface area (Å²) in [5.41, 5.74) is 4.30. The van der Waals surface area contributed by atoms with Crippen LogP contribution in [0, 0.1) is 12.7 Å². The summed E-state index contributed by atoms with van der Waals surface area (Å²) in [6.45, 7) is 2.06. The molecule has 1 N–H and O–H groups in total. The Morgan fingerprint density at radius 3 is 2.68 bits per heavy atom. The van der Waals surface area contributed by atoms with Crippen LogP contribution in [-0.4, -0.2) is 10.9 Å². The fourth-order valence-electron chi connectivity index (χ4n) is 4.32. The number of carbonyl (C=O) groups excluding carboxylic acids is 1. The molecule has 1 fully saturated rings. The van der Waals surface area contributed by atoms with Crippen LogP contribution in [0.25, 0.3) is 0 Å². The zero-order chi connectivity index (χ0) is 21.4. The lowest BCUT2D eigenvalue weighted by Crippen LogP contribution is -2.36. The Balaban J connectivity index is 1.36. The maximum atomic E-state index is 13.2. The molecule has 1 saturated carbocycles. The van der Waals surface area contributed by atoms with Crippen LogP contribution in [0.5, 0.6) is 5.75 Å². The maximum Gasteiger partial charge on any atom is 0.252 e. The van der Waals surface area contributed by atoms with Gasteiger partial charge in [0.15, 0.2) is 0 Å². The Bertz CT molecular complexity index is 1120. The lowest BCUT2D eigenvalue weighted by molar-refractivity contribution is 0.0929. The second-order valence-corrected chi connectivity index (χ2v) is 8.59. The standard InChI is InChI=1S/C26H25FN2O2/c1-17-4-2-5-20(16-17)31-23-7-3-6-22-21(23)12-13-24(28-22)26(14-15-26)29-25(30)18-8-10-19(27)11-9-18/h2,4-5,8-13,16,23H,3,6-7,14-15H2,1H3,(H,29,30)/t23-/m0/s1. The van der Waals surface area contributed by atoms with Gasteiger partial charge >= 0.3 is 0 Å². The number of hydrogen-bond donors (Lipinski definition) is 1. The number of aromatic nitrogens is 1. The van der Waals surface area contributed by atoms with Crippen molar-refractivity contribution in [2.75, 3.05) is 0 Å². The first kappa shape index (κ1) is 19.7. The number of aryl methyl sites for hydroxylation is 2. The molecule has 1 heterocycles. The van der Waals surface area contributed by atoms with Crippen molar-refractivity contribution in [3.05, 3.63) is 94.6 Å². The van der Waals surface area contributed by atoms with E-state index in [1.807, 2.05) is 18.2 Å². The van der Waals surface area contributed by atoms with Crippen LogP contribution < -0.4 is 10.1 Å². The maximum absolute atomic E-state index is 13.2. The van der Waals surface area contributed by atoms with Crippen molar-refractivity contribution in [3.63, 3.8) is 0 Å². The van der Waals surface area contributed by atoms with Gasteiger partial charge in [0.25, 0.3) is 5.91 Å². The third-order valence-corrected chi connectivity index (χ3v) is 6.20. The molecule has 0 unspecified atom stereocenters. The van der Waals surface area contributed by atoms with E-state index in [1.54, 1.807) is 0 Å². The first-order valence-corrected chi connectivity index (χ1v) is 10.8. The summed E-state index contributed by atoms with van der Waals surface area (Å²) in [7, 11) is 0. The Kier molecular flexibility index (Phi) is 4.97. The molecule has 3 aromatic rings. The number of hydrogen-bond acceptors (Lipinski definition) is 3. The number of fused-ring (bicyclic) bond motifs is 1. The van der Waals surface area contributed by atoms with Crippen molar-refractivity contribution >= 4 is 5.91 Å². The summed E-state index contributed by atoms with van der Waals surface area (Å²) in [4.78, 5) is 17.6.